The van der Waals surface area contributed by atoms with Gasteiger partial charge in [-0.05, 0) is 30.7 Å². The van der Waals surface area contributed by atoms with E-state index in [0.717, 1.165) is 44.8 Å². The van der Waals surface area contributed by atoms with Gasteiger partial charge in [-0.2, -0.15) is 0 Å². The smallest absolute Gasteiger partial charge is 0.143 e. The van der Waals surface area contributed by atoms with Gasteiger partial charge in [0.2, 0.25) is 0 Å². The molecule has 1 aliphatic heterocycles. The third kappa shape index (κ3) is 2.11. The first-order valence-electron chi connectivity index (χ1n) is 7.22. The van der Waals surface area contributed by atoms with E-state index in [1.165, 1.54) is 0 Å². The van der Waals surface area contributed by atoms with Crippen LogP contribution in [-0.4, -0.2) is 15.3 Å². The molecule has 22 heavy (non-hydrogen) atoms. The predicted octanol–water partition coefficient (Wildman–Crippen LogP) is 4.50. The van der Waals surface area contributed by atoms with Crippen LogP contribution in [0.2, 0.25) is 5.02 Å². The van der Waals surface area contributed by atoms with Gasteiger partial charge in [0.25, 0.3) is 0 Å². The van der Waals surface area contributed by atoms with Crippen molar-refractivity contribution in [3.8, 4) is 5.69 Å². The van der Waals surface area contributed by atoms with Gasteiger partial charge in [0, 0.05) is 22.2 Å². The summed E-state index contributed by atoms with van der Waals surface area (Å²) in [4.78, 5) is 9.52. The summed E-state index contributed by atoms with van der Waals surface area (Å²) >= 11 is 8.02. The third-order valence-corrected chi connectivity index (χ3v) is 5.11. The van der Waals surface area contributed by atoms with Gasteiger partial charge in [-0.1, -0.05) is 24.6 Å². The van der Waals surface area contributed by atoms with Crippen molar-refractivity contribution in [2.75, 3.05) is 0 Å². The monoisotopic (exact) mass is 327 g/mol. The van der Waals surface area contributed by atoms with E-state index in [0.29, 0.717) is 6.54 Å². The van der Waals surface area contributed by atoms with E-state index in [1.54, 1.807) is 11.3 Å². The minimum atomic E-state index is 0.576. The first kappa shape index (κ1) is 13.7. The maximum atomic E-state index is 6.37. The highest BCUT2D eigenvalue weighted by Crippen LogP contribution is 2.30. The normalized spacial score (nSPS) is 13.3. The highest BCUT2D eigenvalue weighted by atomic mass is 35.5. The fraction of sp³-hybridized carbons (Fsp3) is 0.176. The molecule has 2 aromatic heterocycles. The number of benzene rings is 1. The van der Waals surface area contributed by atoms with Crippen molar-refractivity contribution in [1.82, 2.24) is 9.55 Å². The number of nitrogens with zero attached hydrogens (tertiary/aromatic N) is 3. The molecule has 1 aliphatic rings. The molecule has 0 radical (unpaired) electrons. The molecule has 3 heterocycles. The van der Waals surface area contributed by atoms with Gasteiger partial charge in [0.1, 0.15) is 10.7 Å². The Bertz CT molecular complexity index is 876. The summed E-state index contributed by atoms with van der Waals surface area (Å²) in [7, 11) is 0. The van der Waals surface area contributed by atoms with Crippen LogP contribution in [0.15, 0.2) is 46.9 Å². The first-order valence-corrected chi connectivity index (χ1v) is 8.48. The number of aromatic nitrogens is 2. The van der Waals surface area contributed by atoms with Gasteiger partial charge in [-0.3, -0.25) is 4.99 Å². The minimum Gasteiger partial charge on any atom is -0.315 e. The number of rotatable bonds is 2. The Morgan fingerprint density at radius 3 is 3.00 bits per heavy atom. The molecule has 0 aliphatic carbocycles. The summed E-state index contributed by atoms with van der Waals surface area (Å²) in [5, 5.41) is 3.84. The Morgan fingerprint density at radius 2 is 2.18 bits per heavy atom. The first-order chi connectivity index (χ1) is 10.8. The fourth-order valence-electron chi connectivity index (χ4n) is 2.71. The summed E-state index contributed by atoms with van der Waals surface area (Å²) in [5.41, 5.74) is 5.28. The number of aryl methyl sites for hydroxylation is 1. The molecule has 0 N–H and O–H groups in total. The number of thiazole rings is 1. The van der Waals surface area contributed by atoms with Gasteiger partial charge in [0.05, 0.1) is 23.6 Å². The molecule has 3 aromatic rings. The maximum absolute atomic E-state index is 6.37. The topological polar surface area (TPSA) is 30.2 Å². The van der Waals surface area contributed by atoms with Gasteiger partial charge < -0.3 is 4.57 Å². The van der Waals surface area contributed by atoms with E-state index in [4.69, 9.17) is 21.6 Å². The molecule has 0 atom stereocenters. The lowest BCUT2D eigenvalue weighted by atomic mass is 10.2. The molecule has 110 valence electrons. The predicted molar refractivity (Wildman–Crippen MR) is 91.6 cm³/mol. The summed E-state index contributed by atoms with van der Waals surface area (Å²) in [6.07, 6.45) is 3.00. The van der Waals surface area contributed by atoms with Crippen molar-refractivity contribution in [2.24, 2.45) is 4.99 Å². The minimum absolute atomic E-state index is 0.576. The Hall–Kier alpha value is -1.91. The molecule has 0 amide bonds. The molecule has 0 saturated carbocycles. The van der Waals surface area contributed by atoms with Crippen molar-refractivity contribution in [3.05, 3.63) is 68.9 Å². The molecule has 0 saturated heterocycles. The zero-order valence-electron chi connectivity index (χ0n) is 12.1. The van der Waals surface area contributed by atoms with Crippen molar-refractivity contribution in [1.29, 1.82) is 0 Å². The molecule has 0 fully saturated rings. The zero-order chi connectivity index (χ0) is 15.1. The standard InChI is InChI=1S/C17H14ClN3S/c1-2-11-10-22-17(20-11)16-15-7-4-8-21(15)14-6-3-5-13(18)12(14)9-19-16/h3-8,10H,2,9H2,1H3. The number of hydrogen-bond donors (Lipinski definition) is 0. The van der Waals surface area contributed by atoms with Crippen molar-refractivity contribution in [3.63, 3.8) is 0 Å². The lowest BCUT2D eigenvalue weighted by Crippen LogP contribution is -2.08. The summed E-state index contributed by atoms with van der Waals surface area (Å²) in [6.45, 7) is 2.69. The average Bonchev–Trinajstić information content (AvgIpc) is 3.16. The Labute approximate surface area is 137 Å². The lowest BCUT2D eigenvalue weighted by molar-refractivity contribution is 1.02. The van der Waals surface area contributed by atoms with Crippen LogP contribution in [0.25, 0.3) is 5.69 Å². The summed E-state index contributed by atoms with van der Waals surface area (Å²) in [6, 6.07) is 10.1. The van der Waals surface area contributed by atoms with Gasteiger partial charge in [0.15, 0.2) is 0 Å². The SMILES string of the molecule is CCc1csc(C2=NCc3c(Cl)cccc3-n3cccc32)n1. The molecule has 4 rings (SSSR count). The molecule has 0 unspecified atom stereocenters. The van der Waals surface area contributed by atoms with Crippen LogP contribution in [0.3, 0.4) is 0 Å². The third-order valence-electron chi connectivity index (χ3n) is 3.86. The Kier molecular flexibility index (Phi) is 3.36. The summed E-state index contributed by atoms with van der Waals surface area (Å²) in [5.74, 6) is 0. The van der Waals surface area contributed by atoms with Crippen LogP contribution < -0.4 is 0 Å². The Morgan fingerprint density at radius 1 is 1.27 bits per heavy atom. The van der Waals surface area contributed by atoms with Crippen LogP contribution in [0.4, 0.5) is 0 Å². The van der Waals surface area contributed by atoms with Gasteiger partial charge in [-0.15, -0.1) is 11.3 Å². The van der Waals surface area contributed by atoms with E-state index in [9.17, 15) is 0 Å². The van der Waals surface area contributed by atoms with Crippen LogP contribution in [-0.2, 0) is 13.0 Å². The van der Waals surface area contributed by atoms with Crippen LogP contribution in [0.5, 0.6) is 0 Å². The van der Waals surface area contributed by atoms with Crippen LogP contribution in [0.1, 0.15) is 28.9 Å². The number of halogens is 1. The van der Waals surface area contributed by atoms with Crippen molar-refractivity contribution in [2.45, 2.75) is 19.9 Å². The molecule has 3 nitrogen and oxygen atoms in total. The second kappa shape index (κ2) is 5.38. The summed E-state index contributed by atoms with van der Waals surface area (Å²) < 4.78 is 2.15. The number of fused-ring (bicyclic) bond motifs is 3. The average molecular weight is 328 g/mol. The molecular weight excluding hydrogens is 314 g/mol. The molecule has 1 aromatic carbocycles. The van der Waals surface area contributed by atoms with Gasteiger partial charge in [-0.25, -0.2) is 4.98 Å². The van der Waals surface area contributed by atoms with E-state index in [-0.39, 0.29) is 0 Å². The fourth-order valence-corrected chi connectivity index (χ4v) is 3.85. The van der Waals surface area contributed by atoms with Gasteiger partial charge >= 0.3 is 0 Å². The van der Waals surface area contributed by atoms with Crippen LogP contribution >= 0.6 is 22.9 Å². The van der Waals surface area contributed by atoms with E-state index < -0.39 is 0 Å². The van der Waals surface area contributed by atoms with Crippen LogP contribution in [0, 0.1) is 0 Å². The van der Waals surface area contributed by atoms with Crippen molar-refractivity contribution < 1.29 is 0 Å². The number of aliphatic imine (C=N–C) groups is 1. The second-order valence-corrected chi connectivity index (χ2v) is 6.43. The zero-order valence-corrected chi connectivity index (χ0v) is 13.7. The van der Waals surface area contributed by atoms with E-state index in [2.05, 4.69) is 35.2 Å². The molecule has 0 bridgehead atoms. The maximum Gasteiger partial charge on any atom is 0.143 e. The van der Waals surface area contributed by atoms with E-state index in [1.807, 2.05) is 18.2 Å². The molecular formula is C17H14ClN3S. The van der Waals surface area contributed by atoms with Crippen molar-refractivity contribution >= 4 is 28.6 Å². The second-order valence-electron chi connectivity index (χ2n) is 5.16. The highest BCUT2D eigenvalue weighted by Gasteiger charge is 2.21. The highest BCUT2D eigenvalue weighted by molar-refractivity contribution is 7.12. The Balaban J connectivity index is 1.92. The quantitative estimate of drug-likeness (QED) is 0.681. The molecule has 0 spiro atoms. The number of hydrogen-bond acceptors (Lipinski definition) is 3. The molecule has 5 heteroatoms. The lowest BCUT2D eigenvalue weighted by Gasteiger charge is -2.10. The largest absolute Gasteiger partial charge is 0.315 e. The van der Waals surface area contributed by atoms with E-state index >= 15 is 0 Å².